The smallest absolute Gasteiger partial charge is 0.410 e. The van der Waals surface area contributed by atoms with Crippen LogP contribution in [-0.4, -0.2) is 62.5 Å². The number of amides is 2. The molecule has 1 aromatic rings. The molecule has 0 saturated heterocycles. The third-order valence-corrected chi connectivity index (χ3v) is 5.33. The maximum Gasteiger partial charge on any atom is 0.410 e. The van der Waals surface area contributed by atoms with Crippen molar-refractivity contribution >= 4 is 17.7 Å². The molecule has 160 valence electrons. The number of anilines is 1. The fourth-order valence-corrected chi connectivity index (χ4v) is 3.95. The van der Waals surface area contributed by atoms with Gasteiger partial charge in [-0.25, -0.2) is 4.79 Å². The summed E-state index contributed by atoms with van der Waals surface area (Å²) >= 11 is 0. The zero-order valence-electron chi connectivity index (χ0n) is 18.2. The van der Waals surface area contributed by atoms with Crippen molar-refractivity contribution in [3.63, 3.8) is 0 Å². The Morgan fingerprint density at radius 3 is 2.59 bits per heavy atom. The third-order valence-electron chi connectivity index (χ3n) is 5.33. The van der Waals surface area contributed by atoms with Gasteiger partial charge in [-0.2, -0.15) is 0 Å². The van der Waals surface area contributed by atoms with Crippen molar-refractivity contribution in [2.45, 2.75) is 52.6 Å². The molecule has 3 rings (SSSR count). The Morgan fingerprint density at radius 1 is 1.17 bits per heavy atom. The van der Waals surface area contributed by atoms with E-state index < -0.39 is 5.60 Å². The van der Waals surface area contributed by atoms with Crippen LogP contribution >= 0.6 is 0 Å². The fourth-order valence-electron chi connectivity index (χ4n) is 3.95. The van der Waals surface area contributed by atoms with E-state index in [9.17, 15) is 9.59 Å². The minimum Gasteiger partial charge on any atom is -0.490 e. The van der Waals surface area contributed by atoms with Crippen LogP contribution in [0, 0.1) is 6.92 Å². The number of benzene rings is 1. The second-order valence-corrected chi connectivity index (χ2v) is 8.59. The van der Waals surface area contributed by atoms with Crippen LogP contribution in [0.4, 0.5) is 10.5 Å². The molecule has 0 atom stereocenters. The summed E-state index contributed by atoms with van der Waals surface area (Å²) in [6, 6.07) is 2.05. The molecule has 1 aromatic carbocycles. The van der Waals surface area contributed by atoms with Crippen molar-refractivity contribution in [1.82, 2.24) is 4.90 Å². The van der Waals surface area contributed by atoms with E-state index in [1.165, 1.54) is 11.1 Å². The highest BCUT2D eigenvalue weighted by Crippen LogP contribution is 2.40. The van der Waals surface area contributed by atoms with Crippen LogP contribution in [0.5, 0.6) is 5.75 Å². The quantitative estimate of drug-likeness (QED) is 0.774. The monoisotopic (exact) mass is 404 g/mol. The summed E-state index contributed by atoms with van der Waals surface area (Å²) in [4.78, 5) is 28.8. The van der Waals surface area contributed by atoms with E-state index in [0.717, 1.165) is 29.8 Å². The first-order valence-electron chi connectivity index (χ1n) is 10.3. The Bertz CT molecular complexity index is 784. The molecular formula is C22H32N2O5. The molecule has 0 aliphatic carbocycles. The first kappa shape index (κ1) is 21.4. The highest BCUT2D eigenvalue weighted by Gasteiger charge is 2.30. The SMILES string of the molecule is COCCC(=O)N1CCOc2cc3c(c(C)c21)CCN(C(=O)OC(C)(C)C)CC3. The van der Waals surface area contributed by atoms with Crippen LogP contribution in [0.25, 0.3) is 0 Å². The molecule has 7 nitrogen and oxygen atoms in total. The molecule has 7 heteroatoms. The number of hydrogen-bond donors (Lipinski definition) is 0. The van der Waals surface area contributed by atoms with Gasteiger partial charge in [-0.15, -0.1) is 0 Å². The molecule has 2 heterocycles. The maximum absolute atomic E-state index is 12.7. The lowest BCUT2D eigenvalue weighted by Gasteiger charge is -2.32. The van der Waals surface area contributed by atoms with Crippen LogP contribution in [0.15, 0.2) is 6.07 Å². The lowest BCUT2D eigenvalue weighted by molar-refractivity contribution is -0.119. The highest BCUT2D eigenvalue weighted by atomic mass is 16.6. The summed E-state index contributed by atoms with van der Waals surface area (Å²) < 4.78 is 16.5. The molecule has 0 radical (unpaired) electrons. The molecule has 0 aromatic heterocycles. The number of hydrogen-bond acceptors (Lipinski definition) is 5. The molecule has 0 spiro atoms. The Hall–Kier alpha value is -2.28. The summed E-state index contributed by atoms with van der Waals surface area (Å²) in [5.74, 6) is 0.799. The Kier molecular flexibility index (Phi) is 6.36. The van der Waals surface area contributed by atoms with E-state index in [1.54, 1.807) is 12.0 Å². The fraction of sp³-hybridized carbons (Fsp3) is 0.636. The second-order valence-electron chi connectivity index (χ2n) is 8.59. The van der Waals surface area contributed by atoms with E-state index in [4.69, 9.17) is 14.2 Å². The van der Waals surface area contributed by atoms with Crippen LogP contribution in [0.3, 0.4) is 0 Å². The molecular weight excluding hydrogens is 372 g/mol. The largest absolute Gasteiger partial charge is 0.490 e. The average molecular weight is 405 g/mol. The standard InChI is InChI=1S/C22H32N2O5/c1-15-17-7-10-23(21(26)29-22(2,3)4)9-6-16(17)14-18-20(15)24(11-13-28-18)19(25)8-12-27-5/h14H,6-13H2,1-5H3. The molecule has 0 unspecified atom stereocenters. The zero-order chi connectivity index (χ0) is 21.2. The molecule has 2 amide bonds. The number of fused-ring (bicyclic) bond motifs is 2. The Balaban J connectivity index is 1.85. The van der Waals surface area contributed by atoms with Crippen molar-refractivity contribution in [2.75, 3.05) is 44.9 Å². The van der Waals surface area contributed by atoms with Crippen molar-refractivity contribution in [2.24, 2.45) is 0 Å². The molecule has 2 aliphatic heterocycles. The van der Waals surface area contributed by atoms with Crippen LogP contribution in [0.1, 0.15) is 43.9 Å². The molecule has 0 bridgehead atoms. The van der Waals surface area contributed by atoms with Gasteiger partial charge in [-0.1, -0.05) is 0 Å². The first-order valence-corrected chi connectivity index (χ1v) is 10.3. The van der Waals surface area contributed by atoms with Crippen LogP contribution < -0.4 is 9.64 Å². The lowest BCUT2D eigenvalue weighted by Crippen LogP contribution is -2.39. The van der Waals surface area contributed by atoms with Crippen LogP contribution in [0.2, 0.25) is 0 Å². The lowest BCUT2D eigenvalue weighted by atomic mass is 9.94. The average Bonchev–Trinajstić information content (AvgIpc) is 2.87. The molecule has 29 heavy (non-hydrogen) atoms. The van der Waals surface area contributed by atoms with E-state index in [-0.39, 0.29) is 12.0 Å². The van der Waals surface area contributed by atoms with Crippen molar-refractivity contribution in [1.29, 1.82) is 0 Å². The Morgan fingerprint density at radius 2 is 1.90 bits per heavy atom. The second kappa shape index (κ2) is 8.61. The minimum atomic E-state index is -0.512. The third kappa shape index (κ3) is 4.83. The summed E-state index contributed by atoms with van der Waals surface area (Å²) in [5, 5.41) is 0. The summed E-state index contributed by atoms with van der Waals surface area (Å²) in [6.45, 7) is 10.3. The van der Waals surface area contributed by atoms with Gasteiger partial charge < -0.3 is 24.0 Å². The minimum absolute atomic E-state index is 0.0449. The number of carbonyl (C=O) groups is 2. The zero-order valence-corrected chi connectivity index (χ0v) is 18.2. The van der Waals surface area contributed by atoms with Gasteiger partial charge in [-0.3, -0.25) is 4.79 Å². The number of methoxy groups -OCH3 is 1. The number of carbonyl (C=O) groups excluding carboxylic acids is 2. The van der Waals surface area contributed by atoms with Crippen LogP contribution in [-0.2, 0) is 27.1 Å². The normalized spacial score (nSPS) is 16.4. The van der Waals surface area contributed by atoms with E-state index >= 15 is 0 Å². The van der Waals surface area contributed by atoms with Crippen molar-refractivity contribution < 1.29 is 23.8 Å². The van der Waals surface area contributed by atoms with Gasteiger partial charge in [0.2, 0.25) is 5.91 Å². The van der Waals surface area contributed by atoms with E-state index in [1.807, 2.05) is 38.7 Å². The van der Waals surface area contributed by atoms with Crippen molar-refractivity contribution in [3.05, 3.63) is 22.8 Å². The Labute approximate surface area is 172 Å². The molecule has 0 N–H and O–H groups in total. The van der Waals surface area contributed by atoms with Gasteiger partial charge in [0.15, 0.2) is 0 Å². The maximum atomic E-state index is 12.7. The summed E-state index contributed by atoms with van der Waals surface area (Å²) in [7, 11) is 1.60. The molecule has 0 fully saturated rings. The first-order chi connectivity index (χ1) is 13.7. The van der Waals surface area contributed by atoms with Gasteiger partial charge >= 0.3 is 6.09 Å². The highest BCUT2D eigenvalue weighted by molar-refractivity contribution is 5.96. The van der Waals surface area contributed by atoms with Gasteiger partial charge in [0.05, 0.1) is 25.3 Å². The predicted octanol–water partition coefficient (Wildman–Crippen LogP) is 3.09. The predicted molar refractivity (Wildman–Crippen MR) is 111 cm³/mol. The van der Waals surface area contributed by atoms with Gasteiger partial charge in [0.25, 0.3) is 0 Å². The summed E-state index contributed by atoms with van der Waals surface area (Å²) in [6.07, 6.45) is 1.54. The van der Waals surface area contributed by atoms with Gasteiger partial charge in [0.1, 0.15) is 18.0 Å². The topological polar surface area (TPSA) is 68.3 Å². The van der Waals surface area contributed by atoms with E-state index in [2.05, 4.69) is 0 Å². The van der Waals surface area contributed by atoms with Gasteiger partial charge in [0, 0.05) is 20.2 Å². The number of nitrogens with zero attached hydrogens (tertiary/aromatic N) is 2. The van der Waals surface area contributed by atoms with Gasteiger partial charge in [-0.05, 0) is 63.3 Å². The molecule has 0 saturated carbocycles. The van der Waals surface area contributed by atoms with E-state index in [0.29, 0.717) is 39.3 Å². The summed E-state index contributed by atoms with van der Waals surface area (Å²) in [5.41, 5.74) is 3.79. The molecule has 2 aliphatic rings. The number of ether oxygens (including phenoxy) is 3. The van der Waals surface area contributed by atoms with Crippen molar-refractivity contribution in [3.8, 4) is 5.75 Å². The number of rotatable bonds is 3.